The number of aromatic nitrogens is 3. The zero-order chi connectivity index (χ0) is 22.7. The number of anilines is 1. The maximum absolute atomic E-state index is 11.2. The van der Waals surface area contributed by atoms with Crippen molar-refractivity contribution >= 4 is 34.4 Å². The lowest BCUT2D eigenvalue weighted by molar-refractivity contribution is -0.114. The Morgan fingerprint density at radius 1 is 1.03 bits per heavy atom. The van der Waals surface area contributed by atoms with Gasteiger partial charge in [0.05, 0.1) is 0 Å². The van der Waals surface area contributed by atoms with Gasteiger partial charge in [-0.1, -0.05) is 31.2 Å². The minimum Gasteiger partial charge on any atom is -0.505 e. The van der Waals surface area contributed by atoms with Crippen LogP contribution in [0, 0.1) is 6.92 Å². The maximum Gasteiger partial charge on any atom is 0.221 e. The van der Waals surface area contributed by atoms with E-state index in [-0.39, 0.29) is 11.7 Å². The molecule has 0 spiro atoms. The van der Waals surface area contributed by atoms with Gasteiger partial charge >= 0.3 is 0 Å². The van der Waals surface area contributed by atoms with Crippen molar-refractivity contribution in [2.45, 2.75) is 49.8 Å². The Kier molecular flexibility index (Phi) is 6.46. The largest absolute Gasteiger partial charge is 0.505 e. The number of unbranched alkanes of at least 4 members (excludes halogenated alkanes) is 1. The molecule has 164 valence electrons. The van der Waals surface area contributed by atoms with E-state index in [9.17, 15) is 9.90 Å². The zero-order valence-corrected chi connectivity index (χ0v) is 19.2. The summed E-state index contributed by atoms with van der Waals surface area (Å²) in [5.74, 6) is 0.161. The molecule has 0 unspecified atom stereocenters. The lowest BCUT2D eigenvalue weighted by atomic mass is 10.0. The van der Waals surface area contributed by atoms with Crippen molar-refractivity contribution in [2.24, 2.45) is 0 Å². The molecule has 1 aromatic heterocycles. The second kappa shape index (κ2) is 9.44. The van der Waals surface area contributed by atoms with E-state index < -0.39 is 0 Å². The molecule has 32 heavy (non-hydrogen) atoms. The van der Waals surface area contributed by atoms with Gasteiger partial charge in [0.15, 0.2) is 0 Å². The number of carbonyl (C=O) groups excluding carboxylic acids is 1. The van der Waals surface area contributed by atoms with Crippen LogP contribution in [0.2, 0.25) is 0 Å². The number of aromatic hydroxyl groups is 1. The van der Waals surface area contributed by atoms with Crippen LogP contribution in [0.5, 0.6) is 5.75 Å². The quantitative estimate of drug-likeness (QED) is 0.370. The van der Waals surface area contributed by atoms with Crippen molar-refractivity contribution in [3.8, 4) is 11.4 Å². The molecule has 0 atom stereocenters. The summed E-state index contributed by atoms with van der Waals surface area (Å²) < 4.78 is 0. The first kappa shape index (κ1) is 21.9. The Hall–Kier alpha value is -3.32. The standard InChI is InChI=1S/C25H26N4O2S/c1-4-5-6-18-13-16(2)14-24(25(18)31)29-27-22-12-11-21(15-23(22)28-29)32-20-9-7-19(8-10-20)26-17(3)30/h7-15,31H,4-6H2,1-3H3,(H,26,30). The van der Waals surface area contributed by atoms with Gasteiger partial charge in [-0.3, -0.25) is 4.79 Å². The zero-order valence-electron chi connectivity index (χ0n) is 18.4. The number of hydrogen-bond acceptors (Lipinski definition) is 5. The smallest absolute Gasteiger partial charge is 0.221 e. The summed E-state index contributed by atoms with van der Waals surface area (Å²) in [6, 6.07) is 17.6. The van der Waals surface area contributed by atoms with Crippen LogP contribution in [0.15, 0.2) is 64.4 Å². The summed E-state index contributed by atoms with van der Waals surface area (Å²) in [6.45, 7) is 5.66. The number of aryl methyl sites for hydroxylation is 2. The van der Waals surface area contributed by atoms with Gasteiger partial charge in [-0.05, 0) is 79.4 Å². The minimum atomic E-state index is -0.0870. The van der Waals surface area contributed by atoms with E-state index in [1.807, 2.05) is 61.5 Å². The molecule has 0 aliphatic carbocycles. The highest BCUT2D eigenvalue weighted by atomic mass is 32.2. The predicted octanol–water partition coefficient (Wildman–Crippen LogP) is 5.89. The lowest BCUT2D eigenvalue weighted by Crippen LogP contribution is -2.05. The number of rotatable bonds is 7. The molecule has 3 aromatic carbocycles. The number of hydrogen-bond donors (Lipinski definition) is 2. The van der Waals surface area contributed by atoms with Gasteiger partial charge in [0.1, 0.15) is 22.5 Å². The number of fused-ring (bicyclic) bond motifs is 1. The van der Waals surface area contributed by atoms with Crippen LogP contribution in [0.25, 0.3) is 16.7 Å². The normalized spacial score (nSPS) is 11.1. The second-order valence-corrected chi connectivity index (χ2v) is 8.99. The summed E-state index contributed by atoms with van der Waals surface area (Å²) >= 11 is 1.61. The first-order chi connectivity index (χ1) is 15.4. The van der Waals surface area contributed by atoms with Crippen molar-refractivity contribution in [1.82, 2.24) is 15.0 Å². The Balaban J connectivity index is 1.60. The summed E-state index contributed by atoms with van der Waals surface area (Å²) in [5, 5.41) is 22.8. The highest BCUT2D eigenvalue weighted by Gasteiger charge is 2.14. The average molecular weight is 447 g/mol. The molecule has 0 fully saturated rings. The van der Waals surface area contributed by atoms with Crippen LogP contribution in [-0.2, 0) is 11.2 Å². The van der Waals surface area contributed by atoms with Gasteiger partial charge in [-0.25, -0.2) is 0 Å². The Labute approximate surface area is 191 Å². The van der Waals surface area contributed by atoms with Gasteiger partial charge in [-0.15, -0.1) is 15.0 Å². The Morgan fingerprint density at radius 2 is 1.75 bits per heavy atom. The molecule has 4 aromatic rings. The highest BCUT2D eigenvalue weighted by molar-refractivity contribution is 7.99. The monoisotopic (exact) mass is 446 g/mol. The van der Waals surface area contributed by atoms with E-state index in [1.165, 1.54) is 11.7 Å². The van der Waals surface area contributed by atoms with Crippen molar-refractivity contribution in [1.29, 1.82) is 0 Å². The summed E-state index contributed by atoms with van der Waals surface area (Å²) in [4.78, 5) is 14.8. The summed E-state index contributed by atoms with van der Waals surface area (Å²) in [5.41, 5.74) is 4.92. The SMILES string of the molecule is CCCCc1cc(C)cc(-n2nc3ccc(Sc4ccc(NC(C)=O)cc4)cc3n2)c1O. The predicted molar refractivity (Wildman–Crippen MR) is 129 cm³/mol. The molecule has 0 aliphatic rings. The third kappa shape index (κ3) is 4.94. The van der Waals surface area contributed by atoms with Crippen LogP contribution in [-0.4, -0.2) is 26.0 Å². The van der Waals surface area contributed by atoms with Gasteiger partial charge in [0.25, 0.3) is 0 Å². The van der Waals surface area contributed by atoms with Crippen molar-refractivity contribution in [3.05, 3.63) is 65.7 Å². The molecule has 0 saturated carbocycles. The van der Waals surface area contributed by atoms with Crippen LogP contribution >= 0.6 is 11.8 Å². The molecule has 1 heterocycles. The molecule has 0 saturated heterocycles. The second-order valence-electron chi connectivity index (χ2n) is 7.84. The number of nitrogens with zero attached hydrogens (tertiary/aromatic N) is 3. The molecule has 0 aliphatic heterocycles. The van der Waals surface area contributed by atoms with Gasteiger partial charge < -0.3 is 10.4 Å². The van der Waals surface area contributed by atoms with Crippen molar-refractivity contribution in [3.63, 3.8) is 0 Å². The highest BCUT2D eigenvalue weighted by Crippen LogP contribution is 2.32. The number of phenolic OH excluding ortho intramolecular Hbond substituents is 1. The Morgan fingerprint density at radius 3 is 2.47 bits per heavy atom. The fraction of sp³-hybridized carbons (Fsp3) is 0.240. The third-order valence-corrected chi connectivity index (χ3v) is 6.09. The molecule has 6 nitrogen and oxygen atoms in total. The van der Waals surface area contributed by atoms with Gasteiger partial charge in [-0.2, -0.15) is 0 Å². The number of amides is 1. The molecule has 1 amide bonds. The van der Waals surface area contributed by atoms with Crippen molar-refractivity contribution < 1.29 is 9.90 Å². The lowest BCUT2D eigenvalue weighted by Gasteiger charge is -2.10. The number of benzene rings is 3. The number of carbonyl (C=O) groups is 1. The first-order valence-electron chi connectivity index (χ1n) is 10.7. The molecular weight excluding hydrogens is 420 g/mol. The fourth-order valence-corrected chi connectivity index (χ4v) is 4.41. The topological polar surface area (TPSA) is 80.0 Å². The van der Waals surface area contributed by atoms with E-state index in [1.54, 1.807) is 11.8 Å². The molecule has 0 radical (unpaired) electrons. The van der Waals surface area contributed by atoms with Crippen LogP contribution in [0.1, 0.15) is 37.8 Å². The molecule has 2 N–H and O–H groups in total. The minimum absolute atomic E-state index is 0.0870. The average Bonchev–Trinajstić information content (AvgIpc) is 3.18. The fourth-order valence-electron chi connectivity index (χ4n) is 3.55. The molecular formula is C25H26N4O2S. The van der Waals surface area contributed by atoms with Gasteiger partial charge in [0, 0.05) is 22.4 Å². The van der Waals surface area contributed by atoms with Crippen LogP contribution in [0.3, 0.4) is 0 Å². The van der Waals surface area contributed by atoms with E-state index in [4.69, 9.17) is 0 Å². The van der Waals surface area contributed by atoms with Crippen molar-refractivity contribution in [2.75, 3.05) is 5.32 Å². The summed E-state index contributed by atoms with van der Waals surface area (Å²) in [6.07, 6.45) is 2.93. The third-order valence-electron chi connectivity index (χ3n) is 5.09. The van der Waals surface area contributed by atoms with Crippen LogP contribution in [0.4, 0.5) is 5.69 Å². The number of phenols is 1. The van der Waals surface area contributed by atoms with E-state index in [0.717, 1.165) is 56.9 Å². The molecule has 7 heteroatoms. The van der Waals surface area contributed by atoms with Gasteiger partial charge in [0.2, 0.25) is 5.91 Å². The molecule has 4 rings (SSSR count). The summed E-state index contributed by atoms with van der Waals surface area (Å²) in [7, 11) is 0. The maximum atomic E-state index is 11.2. The van der Waals surface area contributed by atoms with E-state index in [0.29, 0.717) is 5.69 Å². The number of nitrogens with one attached hydrogen (secondary N) is 1. The van der Waals surface area contributed by atoms with Crippen LogP contribution < -0.4 is 5.32 Å². The Bertz CT molecular complexity index is 1270. The molecule has 0 bridgehead atoms. The van der Waals surface area contributed by atoms with E-state index in [2.05, 4.69) is 22.4 Å². The first-order valence-corrected chi connectivity index (χ1v) is 11.5. The van der Waals surface area contributed by atoms with E-state index >= 15 is 0 Å².